The van der Waals surface area contributed by atoms with Gasteiger partial charge in [-0.1, -0.05) is 45.2 Å². The fourth-order valence-electron chi connectivity index (χ4n) is 8.08. The summed E-state index contributed by atoms with van der Waals surface area (Å²) in [5.41, 5.74) is 10.2. The first kappa shape index (κ1) is 36.3. The first-order valence-electron chi connectivity index (χ1n) is 18.3. The van der Waals surface area contributed by atoms with Crippen LogP contribution in [0.3, 0.4) is 0 Å². The van der Waals surface area contributed by atoms with Gasteiger partial charge >= 0.3 is 0 Å². The molecule has 1 aromatic heterocycles. The topological polar surface area (TPSA) is 73.8 Å². The number of allylic oxidation sites excluding steroid dienone is 3. The average molecular weight is 693 g/mol. The first-order chi connectivity index (χ1) is 24.5. The number of aryl methyl sites for hydroxylation is 1. The Labute approximate surface area is 303 Å². The summed E-state index contributed by atoms with van der Waals surface area (Å²) >= 11 is 0. The second-order valence-corrected chi connectivity index (χ2v) is 14.8. The summed E-state index contributed by atoms with van der Waals surface area (Å²) in [4.78, 5) is 29.2. The molecule has 2 aromatic carbocycles. The molecule has 1 aliphatic heterocycles. The van der Waals surface area contributed by atoms with E-state index < -0.39 is 6.17 Å². The van der Waals surface area contributed by atoms with Crippen molar-refractivity contribution in [3.63, 3.8) is 0 Å². The molecule has 2 bridgehead atoms. The zero-order valence-electron chi connectivity index (χ0n) is 31.1. The molecule has 4 atom stereocenters. The number of nitrogens with zero attached hydrogens (tertiary/aromatic N) is 5. The zero-order valence-corrected chi connectivity index (χ0v) is 31.1. The Morgan fingerprint density at radius 2 is 2.00 bits per heavy atom. The van der Waals surface area contributed by atoms with Crippen molar-refractivity contribution in [2.24, 2.45) is 11.8 Å². The van der Waals surface area contributed by atoms with Gasteiger partial charge in [-0.2, -0.15) is 0 Å². The fraction of sp³-hybridized carbons (Fsp3) is 0.452. The standard InChI is InChI=1S/C42H53FN6O2/c1-9-38(50)28(4)27(3)33-23-36(39(51-8)24-37(33)48(7)21-20-47(5)6)46-42-44-18-16-35(45-42)40-31-15-11-14-29-13-10-12-26(2)32(22-34(29)31)41(40)49-19-17-30(43)25-49/h9,11,14-16,18,23-24,26-27,30,32H,1,4,10,12-13,17,19-22,25H2,2-3,5-8H3,(H,44,45,46). The van der Waals surface area contributed by atoms with Crippen LogP contribution in [0, 0.1) is 11.8 Å². The molecule has 3 aliphatic rings. The first-order valence-corrected chi connectivity index (χ1v) is 18.3. The van der Waals surface area contributed by atoms with Crippen molar-refractivity contribution < 1.29 is 13.9 Å². The van der Waals surface area contributed by atoms with Crippen molar-refractivity contribution in [2.75, 3.05) is 64.6 Å². The molecule has 270 valence electrons. The summed E-state index contributed by atoms with van der Waals surface area (Å²) in [7, 11) is 7.79. The zero-order chi connectivity index (χ0) is 36.4. The number of halogens is 1. The minimum absolute atomic E-state index is 0.185. The molecule has 6 rings (SSSR count). The summed E-state index contributed by atoms with van der Waals surface area (Å²) in [6, 6.07) is 12.7. The second kappa shape index (κ2) is 15.4. The molecule has 2 aliphatic carbocycles. The highest BCUT2D eigenvalue weighted by molar-refractivity contribution is 6.04. The van der Waals surface area contributed by atoms with Crippen LogP contribution in [0.15, 0.2) is 73.1 Å². The molecule has 0 spiro atoms. The predicted octanol–water partition coefficient (Wildman–Crippen LogP) is 7.59. The van der Waals surface area contributed by atoms with Crippen LogP contribution < -0.4 is 15.0 Å². The SMILES string of the molecule is C=CC(=O)C(=C)C(C)c1cc(Nc2nccc(C3=C(N4CCC(F)C4)C4Cc5c(cccc53)CCCC4C)n2)c(OC)cc1N(C)CCN(C)C. The van der Waals surface area contributed by atoms with Crippen LogP contribution in [0.5, 0.6) is 5.75 Å². The number of methoxy groups -OCH3 is 1. The maximum atomic E-state index is 14.8. The van der Waals surface area contributed by atoms with E-state index in [1.807, 2.05) is 46.3 Å². The highest BCUT2D eigenvalue weighted by atomic mass is 19.1. The molecule has 0 amide bonds. The van der Waals surface area contributed by atoms with Crippen LogP contribution >= 0.6 is 0 Å². The average Bonchev–Trinajstić information content (AvgIpc) is 3.56. The Hall–Kier alpha value is -4.50. The van der Waals surface area contributed by atoms with Gasteiger partial charge in [-0.15, -0.1) is 0 Å². The third kappa shape index (κ3) is 7.45. The largest absolute Gasteiger partial charge is 0.494 e. The molecule has 2 heterocycles. The molecular weight excluding hydrogens is 640 g/mol. The van der Waals surface area contributed by atoms with Gasteiger partial charge in [0.25, 0.3) is 0 Å². The van der Waals surface area contributed by atoms with Crippen molar-refractivity contribution in [1.82, 2.24) is 19.8 Å². The lowest BCUT2D eigenvalue weighted by molar-refractivity contribution is -0.111. The van der Waals surface area contributed by atoms with Gasteiger partial charge < -0.3 is 24.8 Å². The number of carbonyl (C=O) groups is 1. The monoisotopic (exact) mass is 692 g/mol. The lowest BCUT2D eigenvalue weighted by Crippen LogP contribution is -2.35. The lowest BCUT2D eigenvalue weighted by Gasteiger charge is -2.41. The van der Waals surface area contributed by atoms with E-state index in [1.165, 1.54) is 28.5 Å². The Morgan fingerprint density at radius 3 is 2.71 bits per heavy atom. The number of alkyl halides is 1. The summed E-state index contributed by atoms with van der Waals surface area (Å²) in [6.07, 6.45) is 7.17. The number of hydrogen-bond acceptors (Lipinski definition) is 8. The number of ether oxygens (including phenoxy) is 1. The van der Waals surface area contributed by atoms with Gasteiger partial charge in [-0.05, 0) is 98.2 Å². The van der Waals surface area contributed by atoms with Crippen LogP contribution in [0.2, 0.25) is 0 Å². The number of likely N-dealkylation sites (N-methyl/N-ethyl adjacent to an activating group) is 2. The highest BCUT2D eigenvalue weighted by Crippen LogP contribution is 2.47. The van der Waals surface area contributed by atoms with Gasteiger partial charge in [0.15, 0.2) is 5.78 Å². The number of ketones is 1. The van der Waals surface area contributed by atoms with Crippen LogP contribution in [-0.4, -0.2) is 86.2 Å². The van der Waals surface area contributed by atoms with Gasteiger partial charge in [0.05, 0.1) is 18.5 Å². The summed E-state index contributed by atoms with van der Waals surface area (Å²) in [6.45, 7) is 14.9. The van der Waals surface area contributed by atoms with Gasteiger partial charge in [0, 0.05) is 74.3 Å². The molecule has 0 radical (unpaired) electrons. The summed E-state index contributed by atoms with van der Waals surface area (Å²) in [5.74, 6) is 1.34. The number of aromatic nitrogens is 2. The Balaban J connectivity index is 1.46. The van der Waals surface area contributed by atoms with E-state index in [4.69, 9.17) is 9.72 Å². The Bertz CT molecular complexity index is 1840. The molecule has 3 aromatic rings. The van der Waals surface area contributed by atoms with E-state index in [0.717, 1.165) is 61.3 Å². The second-order valence-electron chi connectivity index (χ2n) is 14.8. The molecule has 1 fully saturated rings. The van der Waals surface area contributed by atoms with Crippen LogP contribution in [0.4, 0.5) is 21.7 Å². The summed E-state index contributed by atoms with van der Waals surface area (Å²) < 4.78 is 20.8. The van der Waals surface area contributed by atoms with Gasteiger partial charge in [0.2, 0.25) is 5.95 Å². The highest BCUT2D eigenvalue weighted by Gasteiger charge is 2.39. The molecule has 51 heavy (non-hydrogen) atoms. The number of likely N-dealkylation sites (tertiary alicyclic amines) is 1. The van der Waals surface area contributed by atoms with Crippen molar-refractivity contribution in [1.29, 1.82) is 0 Å². The van der Waals surface area contributed by atoms with E-state index in [9.17, 15) is 9.18 Å². The molecule has 0 saturated carbocycles. The van der Waals surface area contributed by atoms with E-state index in [1.54, 1.807) is 13.3 Å². The molecule has 4 unspecified atom stereocenters. The predicted molar refractivity (Wildman–Crippen MR) is 206 cm³/mol. The fourth-order valence-corrected chi connectivity index (χ4v) is 8.08. The van der Waals surface area contributed by atoms with E-state index in [-0.39, 0.29) is 17.6 Å². The van der Waals surface area contributed by atoms with Crippen LogP contribution in [0.1, 0.15) is 67.0 Å². The lowest BCUT2D eigenvalue weighted by atomic mass is 9.70. The van der Waals surface area contributed by atoms with Crippen LogP contribution in [0.25, 0.3) is 5.57 Å². The number of hydrogen-bond donors (Lipinski definition) is 1. The van der Waals surface area contributed by atoms with Crippen molar-refractivity contribution >= 4 is 28.7 Å². The molecule has 1 saturated heterocycles. The third-order valence-corrected chi connectivity index (χ3v) is 11.1. The molecule has 1 N–H and O–H groups in total. The summed E-state index contributed by atoms with van der Waals surface area (Å²) in [5, 5.41) is 3.47. The molecule has 8 nitrogen and oxygen atoms in total. The van der Waals surface area contributed by atoms with Crippen molar-refractivity contribution in [2.45, 2.75) is 58.0 Å². The van der Waals surface area contributed by atoms with Gasteiger partial charge in [-0.25, -0.2) is 14.4 Å². The minimum atomic E-state index is -0.829. The number of nitrogens with one attached hydrogen (secondary N) is 1. The van der Waals surface area contributed by atoms with E-state index in [0.29, 0.717) is 48.4 Å². The van der Waals surface area contributed by atoms with E-state index >= 15 is 0 Å². The quantitative estimate of drug-likeness (QED) is 0.184. The number of benzene rings is 2. The van der Waals surface area contributed by atoms with E-state index in [2.05, 4.69) is 63.3 Å². The van der Waals surface area contributed by atoms with Gasteiger partial charge in [0.1, 0.15) is 11.9 Å². The number of anilines is 3. The number of fused-ring (bicyclic) bond motifs is 1. The van der Waals surface area contributed by atoms with Gasteiger partial charge in [-0.3, -0.25) is 4.79 Å². The smallest absolute Gasteiger partial charge is 0.227 e. The van der Waals surface area contributed by atoms with Crippen molar-refractivity contribution in [3.8, 4) is 5.75 Å². The Morgan fingerprint density at radius 1 is 1.20 bits per heavy atom. The maximum Gasteiger partial charge on any atom is 0.227 e. The molecular formula is C42H53FN6O2. The normalized spacial score (nSPS) is 20.5. The van der Waals surface area contributed by atoms with Crippen LogP contribution in [-0.2, 0) is 17.6 Å². The third-order valence-electron chi connectivity index (χ3n) is 11.1. The van der Waals surface area contributed by atoms with Crippen molar-refractivity contribution in [3.05, 3.63) is 101 Å². The minimum Gasteiger partial charge on any atom is -0.494 e. The Kier molecular flexibility index (Phi) is 11.0. The maximum absolute atomic E-state index is 14.8. The molecule has 9 heteroatoms. The number of carbonyl (C=O) groups excluding carboxylic acids is 1. The number of rotatable bonds is 13.